The molecular weight excluding hydrogens is 230 g/mol. The molecule has 0 unspecified atom stereocenters. The van der Waals surface area contributed by atoms with E-state index in [2.05, 4.69) is 10.3 Å². The summed E-state index contributed by atoms with van der Waals surface area (Å²) in [7, 11) is 0. The van der Waals surface area contributed by atoms with Gasteiger partial charge in [-0.1, -0.05) is 0 Å². The lowest BCUT2D eigenvalue weighted by Crippen LogP contribution is -1.98. The van der Waals surface area contributed by atoms with Gasteiger partial charge in [0.2, 0.25) is 0 Å². The van der Waals surface area contributed by atoms with Crippen molar-refractivity contribution >= 4 is 35.1 Å². The van der Waals surface area contributed by atoms with Crippen molar-refractivity contribution in [1.29, 1.82) is 0 Å². The number of nitrogen functional groups attached to an aromatic ring is 1. The van der Waals surface area contributed by atoms with Crippen LogP contribution >= 0.6 is 23.7 Å². The van der Waals surface area contributed by atoms with Crippen LogP contribution in [0.5, 0.6) is 0 Å². The summed E-state index contributed by atoms with van der Waals surface area (Å²) in [6, 6.07) is 7.68. The van der Waals surface area contributed by atoms with Gasteiger partial charge in [0, 0.05) is 23.0 Å². The van der Waals surface area contributed by atoms with Crippen molar-refractivity contribution in [1.82, 2.24) is 4.98 Å². The number of anilines is 2. The molecule has 2 aromatic rings. The van der Waals surface area contributed by atoms with Crippen LogP contribution in [0.3, 0.4) is 0 Å². The molecule has 0 saturated heterocycles. The Kier molecular flexibility index (Phi) is 4.39. The molecule has 1 aromatic carbocycles. The fourth-order valence-electron chi connectivity index (χ4n) is 1.12. The number of halogens is 1. The molecule has 3 nitrogen and oxygen atoms in total. The van der Waals surface area contributed by atoms with Crippen molar-refractivity contribution in [2.24, 2.45) is 0 Å². The highest BCUT2D eigenvalue weighted by Gasteiger charge is 1.95. The average molecular weight is 242 g/mol. The molecule has 2 rings (SSSR count). The number of hydrogen-bond acceptors (Lipinski definition) is 4. The second-order valence-electron chi connectivity index (χ2n) is 2.90. The Hall–Kier alpha value is -1.26. The Morgan fingerprint density at radius 2 is 2.00 bits per heavy atom. The van der Waals surface area contributed by atoms with Crippen molar-refractivity contribution in [3.63, 3.8) is 0 Å². The van der Waals surface area contributed by atoms with Crippen LogP contribution in [0.25, 0.3) is 0 Å². The number of nitrogens with zero attached hydrogens (tertiary/aromatic N) is 1. The van der Waals surface area contributed by atoms with E-state index in [1.165, 1.54) is 0 Å². The van der Waals surface area contributed by atoms with Crippen molar-refractivity contribution in [2.75, 3.05) is 11.1 Å². The predicted octanol–water partition coefficient (Wildman–Crippen LogP) is 2.76. The monoisotopic (exact) mass is 241 g/mol. The van der Waals surface area contributed by atoms with E-state index in [-0.39, 0.29) is 12.4 Å². The van der Waals surface area contributed by atoms with Crippen LogP contribution in [0.2, 0.25) is 0 Å². The number of nitrogens with one attached hydrogen (secondary N) is 1. The third-order valence-corrected chi connectivity index (χ3v) is 2.62. The van der Waals surface area contributed by atoms with Crippen LogP contribution in [-0.2, 0) is 6.54 Å². The Labute approximate surface area is 98.8 Å². The third-order valence-electron chi connectivity index (χ3n) is 1.84. The summed E-state index contributed by atoms with van der Waals surface area (Å²) in [6.07, 6.45) is 1.81. The average Bonchev–Trinajstić information content (AvgIpc) is 2.70. The van der Waals surface area contributed by atoms with Crippen LogP contribution in [0.15, 0.2) is 35.8 Å². The number of hydrogen-bond donors (Lipinski definition) is 2. The minimum Gasteiger partial charge on any atom is -0.399 e. The summed E-state index contributed by atoms with van der Waals surface area (Å²) in [4.78, 5) is 4.18. The highest BCUT2D eigenvalue weighted by Crippen LogP contribution is 2.12. The van der Waals surface area contributed by atoms with Gasteiger partial charge in [0.1, 0.15) is 5.01 Å². The van der Waals surface area contributed by atoms with Gasteiger partial charge in [-0.05, 0) is 24.3 Å². The maximum absolute atomic E-state index is 5.58. The number of rotatable bonds is 3. The van der Waals surface area contributed by atoms with E-state index in [9.17, 15) is 0 Å². The summed E-state index contributed by atoms with van der Waals surface area (Å²) >= 11 is 1.65. The quantitative estimate of drug-likeness (QED) is 0.813. The summed E-state index contributed by atoms with van der Waals surface area (Å²) in [5, 5.41) is 6.32. The van der Waals surface area contributed by atoms with Crippen LogP contribution in [0.4, 0.5) is 11.4 Å². The molecule has 0 saturated carbocycles. The highest BCUT2D eigenvalue weighted by molar-refractivity contribution is 7.09. The molecule has 0 radical (unpaired) electrons. The van der Waals surface area contributed by atoms with E-state index in [1.807, 2.05) is 35.8 Å². The van der Waals surface area contributed by atoms with Gasteiger partial charge in [-0.25, -0.2) is 4.98 Å². The molecule has 0 spiro atoms. The summed E-state index contributed by atoms with van der Waals surface area (Å²) in [5.74, 6) is 0. The fraction of sp³-hybridized carbons (Fsp3) is 0.100. The SMILES string of the molecule is Cl.Nc1ccc(NCc2nccs2)cc1. The molecular formula is C10H12ClN3S. The molecule has 5 heteroatoms. The zero-order valence-corrected chi connectivity index (χ0v) is 9.65. The van der Waals surface area contributed by atoms with Crippen molar-refractivity contribution < 1.29 is 0 Å². The minimum absolute atomic E-state index is 0. The number of thiazole rings is 1. The van der Waals surface area contributed by atoms with E-state index in [1.54, 1.807) is 11.3 Å². The van der Waals surface area contributed by atoms with Gasteiger partial charge in [-0.15, -0.1) is 23.7 Å². The summed E-state index contributed by atoms with van der Waals surface area (Å²) in [6.45, 7) is 0.765. The van der Waals surface area contributed by atoms with E-state index >= 15 is 0 Å². The Balaban J connectivity index is 0.00000112. The number of benzene rings is 1. The predicted molar refractivity (Wildman–Crippen MR) is 67.5 cm³/mol. The van der Waals surface area contributed by atoms with Crippen molar-refractivity contribution in [3.8, 4) is 0 Å². The smallest absolute Gasteiger partial charge is 0.112 e. The lowest BCUT2D eigenvalue weighted by molar-refractivity contribution is 1.10. The normalized spacial score (nSPS) is 9.33. The molecule has 80 valence electrons. The Morgan fingerprint density at radius 3 is 2.60 bits per heavy atom. The van der Waals surface area contributed by atoms with E-state index in [4.69, 9.17) is 5.73 Å². The molecule has 1 aromatic heterocycles. The summed E-state index contributed by atoms with van der Waals surface area (Å²) < 4.78 is 0. The van der Waals surface area contributed by atoms with Gasteiger partial charge in [0.15, 0.2) is 0 Å². The maximum atomic E-state index is 5.58. The molecule has 0 fully saturated rings. The van der Waals surface area contributed by atoms with E-state index in [0.717, 1.165) is 22.9 Å². The van der Waals surface area contributed by atoms with E-state index < -0.39 is 0 Å². The molecule has 0 aliphatic carbocycles. The van der Waals surface area contributed by atoms with Gasteiger partial charge in [0.05, 0.1) is 6.54 Å². The first kappa shape index (κ1) is 11.8. The van der Waals surface area contributed by atoms with Crippen LogP contribution in [0.1, 0.15) is 5.01 Å². The van der Waals surface area contributed by atoms with Gasteiger partial charge in [-0.3, -0.25) is 0 Å². The lowest BCUT2D eigenvalue weighted by Gasteiger charge is -2.03. The molecule has 15 heavy (non-hydrogen) atoms. The molecule has 0 amide bonds. The van der Waals surface area contributed by atoms with Gasteiger partial charge >= 0.3 is 0 Å². The zero-order valence-electron chi connectivity index (χ0n) is 8.01. The van der Waals surface area contributed by atoms with Gasteiger partial charge < -0.3 is 11.1 Å². The second-order valence-corrected chi connectivity index (χ2v) is 3.88. The van der Waals surface area contributed by atoms with E-state index in [0.29, 0.717) is 0 Å². The maximum Gasteiger partial charge on any atom is 0.112 e. The first-order chi connectivity index (χ1) is 6.84. The van der Waals surface area contributed by atoms with Gasteiger partial charge in [0.25, 0.3) is 0 Å². The van der Waals surface area contributed by atoms with Gasteiger partial charge in [-0.2, -0.15) is 0 Å². The third kappa shape index (κ3) is 3.42. The Bertz CT molecular complexity index is 386. The highest BCUT2D eigenvalue weighted by atomic mass is 35.5. The molecule has 0 aliphatic rings. The number of aromatic nitrogens is 1. The fourth-order valence-corrected chi connectivity index (χ4v) is 1.67. The standard InChI is InChI=1S/C10H11N3S.ClH/c11-8-1-3-9(4-2-8)13-7-10-12-5-6-14-10;/h1-6,13H,7,11H2;1H. The number of nitrogens with two attached hydrogens (primary N) is 1. The molecule has 3 N–H and O–H groups in total. The van der Waals surface area contributed by atoms with Crippen molar-refractivity contribution in [3.05, 3.63) is 40.8 Å². The first-order valence-corrected chi connectivity index (χ1v) is 5.20. The van der Waals surface area contributed by atoms with Crippen LogP contribution in [0, 0.1) is 0 Å². The van der Waals surface area contributed by atoms with Crippen LogP contribution in [-0.4, -0.2) is 4.98 Å². The Morgan fingerprint density at radius 1 is 1.27 bits per heavy atom. The molecule has 0 atom stereocenters. The molecule has 0 bridgehead atoms. The molecule has 1 heterocycles. The molecule has 0 aliphatic heterocycles. The second kappa shape index (κ2) is 5.58. The summed E-state index contributed by atoms with van der Waals surface area (Å²) in [5.41, 5.74) is 7.43. The lowest BCUT2D eigenvalue weighted by atomic mass is 10.3. The topological polar surface area (TPSA) is 50.9 Å². The zero-order chi connectivity index (χ0) is 9.80. The van der Waals surface area contributed by atoms with Crippen LogP contribution < -0.4 is 11.1 Å². The van der Waals surface area contributed by atoms with Crippen molar-refractivity contribution in [2.45, 2.75) is 6.54 Å². The minimum atomic E-state index is 0. The largest absolute Gasteiger partial charge is 0.399 e. The first-order valence-electron chi connectivity index (χ1n) is 4.32.